The zero-order valence-corrected chi connectivity index (χ0v) is 15.5. The summed E-state index contributed by atoms with van der Waals surface area (Å²) < 4.78 is 12.9. The first-order valence-electron chi connectivity index (χ1n) is 8.43. The quantitative estimate of drug-likeness (QED) is 0.769. The van der Waals surface area contributed by atoms with Crippen molar-refractivity contribution >= 4 is 23.4 Å². The number of halogens is 2. The minimum absolute atomic E-state index is 0.224. The molecule has 0 radical (unpaired) electrons. The molecule has 4 nitrogen and oxygen atoms in total. The van der Waals surface area contributed by atoms with Crippen LogP contribution in [0.3, 0.4) is 0 Å². The van der Waals surface area contributed by atoms with Gasteiger partial charge in [-0.15, -0.1) is 0 Å². The van der Waals surface area contributed by atoms with Crippen LogP contribution in [-0.2, 0) is 11.3 Å². The number of rotatable bonds is 7. The summed E-state index contributed by atoms with van der Waals surface area (Å²) in [6, 6.07) is 11.7. The van der Waals surface area contributed by atoms with Crippen LogP contribution in [0.25, 0.3) is 0 Å². The average Bonchev–Trinajstić information content (AvgIpc) is 2.60. The predicted octanol–water partition coefficient (Wildman–Crippen LogP) is 3.94. The maximum Gasteiger partial charge on any atom is 0.251 e. The highest BCUT2D eigenvalue weighted by Crippen LogP contribution is 2.11. The monoisotopic (exact) mass is 376 g/mol. The van der Waals surface area contributed by atoms with Crippen molar-refractivity contribution in [3.8, 4) is 0 Å². The molecule has 0 aliphatic heterocycles. The molecule has 0 aliphatic rings. The molecule has 0 fully saturated rings. The molecule has 0 aromatic heterocycles. The van der Waals surface area contributed by atoms with E-state index in [4.69, 9.17) is 11.6 Å². The van der Waals surface area contributed by atoms with Gasteiger partial charge in [-0.2, -0.15) is 0 Å². The first-order chi connectivity index (χ1) is 12.3. The highest BCUT2D eigenvalue weighted by Gasteiger charge is 2.22. The second kappa shape index (κ2) is 9.34. The molecule has 0 aliphatic carbocycles. The summed E-state index contributed by atoms with van der Waals surface area (Å²) in [6.07, 6.45) is 0.509. The lowest BCUT2D eigenvalue weighted by molar-refractivity contribution is -0.123. The number of nitrogens with one attached hydrogen (secondary N) is 2. The molecule has 6 heteroatoms. The van der Waals surface area contributed by atoms with Crippen LogP contribution in [0.15, 0.2) is 48.5 Å². The zero-order valence-electron chi connectivity index (χ0n) is 14.8. The first-order valence-corrected chi connectivity index (χ1v) is 8.81. The Morgan fingerprint density at radius 1 is 1.04 bits per heavy atom. The van der Waals surface area contributed by atoms with Gasteiger partial charge in [0, 0.05) is 17.1 Å². The van der Waals surface area contributed by atoms with Crippen molar-refractivity contribution in [1.29, 1.82) is 0 Å². The van der Waals surface area contributed by atoms with Gasteiger partial charge in [0.2, 0.25) is 5.91 Å². The van der Waals surface area contributed by atoms with Crippen LogP contribution in [-0.4, -0.2) is 17.9 Å². The molecule has 138 valence electrons. The fourth-order valence-electron chi connectivity index (χ4n) is 2.46. The molecule has 2 aromatic carbocycles. The lowest BCUT2D eigenvalue weighted by Gasteiger charge is -2.20. The number of carbonyl (C=O) groups is 2. The highest BCUT2D eigenvalue weighted by molar-refractivity contribution is 6.30. The van der Waals surface area contributed by atoms with Gasteiger partial charge in [0.25, 0.3) is 5.91 Å². The maximum absolute atomic E-state index is 12.9. The van der Waals surface area contributed by atoms with Gasteiger partial charge < -0.3 is 10.6 Å². The fraction of sp³-hybridized carbons (Fsp3) is 0.300. The van der Waals surface area contributed by atoms with E-state index < -0.39 is 6.04 Å². The van der Waals surface area contributed by atoms with E-state index in [1.807, 2.05) is 13.8 Å². The Balaban J connectivity index is 2.00. The summed E-state index contributed by atoms with van der Waals surface area (Å²) in [6.45, 7) is 4.23. The van der Waals surface area contributed by atoms with E-state index in [0.717, 1.165) is 5.56 Å². The molecule has 2 N–H and O–H groups in total. The molecule has 2 aromatic rings. The van der Waals surface area contributed by atoms with Crippen LogP contribution >= 0.6 is 11.6 Å². The minimum atomic E-state index is -0.654. The molecule has 1 unspecified atom stereocenters. The molecular weight excluding hydrogens is 355 g/mol. The van der Waals surface area contributed by atoms with Crippen LogP contribution in [0.5, 0.6) is 0 Å². The van der Waals surface area contributed by atoms with E-state index in [1.165, 1.54) is 12.1 Å². The van der Waals surface area contributed by atoms with E-state index in [0.29, 0.717) is 17.0 Å². The lowest BCUT2D eigenvalue weighted by Crippen LogP contribution is -2.47. The van der Waals surface area contributed by atoms with Crippen LogP contribution in [0.4, 0.5) is 4.39 Å². The third-order valence-corrected chi connectivity index (χ3v) is 4.07. The predicted molar refractivity (Wildman–Crippen MR) is 100 cm³/mol. The van der Waals surface area contributed by atoms with Gasteiger partial charge in [0.05, 0.1) is 0 Å². The number of hydrogen-bond acceptors (Lipinski definition) is 2. The van der Waals surface area contributed by atoms with E-state index in [9.17, 15) is 14.0 Å². The Morgan fingerprint density at radius 3 is 2.23 bits per heavy atom. The van der Waals surface area contributed by atoms with Crippen molar-refractivity contribution in [2.45, 2.75) is 32.9 Å². The van der Waals surface area contributed by atoms with E-state index in [-0.39, 0.29) is 30.1 Å². The van der Waals surface area contributed by atoms with Crippen molar-refractivity contribution in [3.63, 3.8) is 0 Å². The van der Waals surface area contributed by atoms with Crippen LogP contribution in [0.1, 0.15) is 36.2 Å². The number of hydrogen-bond donors (Lipinski definition) is 2. The summed E-state index contributed by atoms with van der Waals surface area (Å²) in [7, 11) is 0. The Labute approximate surface area is 157 Å². The van der Waals surface area contributed by atoms with Crippen molar-refractivity contribution in [2.24, 2.45) is 5.92 Å². The van der Waals surface area contributed by atoms with Crippen molar-refractivity contribution < 1.29 is 14.0 Å². The van der Waals surface area contributed by atoms with Crippen LogP contribution < -0.4 is 10.6 Å². The third-order valence-electron chi connectivity index (χ3n) is 3.82. The summed E-state index contributed by atoms with van der Waals surface area (Å²) >= 11 is 5.83. The van der Waals surface area contributed by atoms with Gasteiger partial charge in [-0.25, -0.2) is 4.39 Å². The lowest BCUT2D eigenvalue weighted by atomic mass is 10.0. The van der Waals surface area contributed by atoms with Crippen LogP contribution in [0, 0.1) is 11.7 Å². The minimum Gasteiger partial charge on any atom is -0.350 e. The van der Waals surface area contributed by atoms with Crippen molar-refractivity contribution in [3.05, 3.63) is 70.5 Å². The third kappa shape index (κ3) is 6.15. The average molecular weight is 377 g/mol. The Morgan fingerprint density at radius 2 is 1.65 bits per heavy atom. The normalized spacial score (nSPS) is 11.9. The van der Waals surface area contributed by atoms with Gasteiger partial charge in [0.15, 0.2) is 0 Å². The van der Waals surface area contributed by atoms with Crippen molar-refractivity contribution in [2.75, 3.05) is 0 Å². The standard InChI is InChI=1S/C20H22ClFN2O2/c1-13(2)11-18(24-19(25)15-5-7-16(21)8-6-15)20(26)23-12-14-3-9-17(22)10-4-14/h3-10,13,18H,11-12H2,1-2H3,(H,23,26)(H,24,25). The maximum atomic E-state index is 12.9. The topological polar surface area (TPSA) is 58.2 Å². The van der Waals surface area contributed by atoms with Crippen molar-refractivity contribution in [1.82, 2.24) is 10.6 Å². The molecule has 1 atom stereocenters. The summed E-state index contributed by atoms with van der Waals surface area (Å²) in [5, 5.41) is 6.11. The van der Waals surface area contributed by atoms with Gasteiger partial charge >= 0.3 is 0 Å². The second-order valence-corrected chi connectivity index (χ2v) is 6.94. The molecule has 0 heterocycles. The largest absolute Gasteiger partial charge is 0.350 e. The number of amides is 2. The molecular formula is C20H22ClFN2O2. The summed E-state index contributed by atoms with van der Waals surface area (Å²) in [4.78, 5) is 24.9. The van der Waals surface area contributed by atoms with Gasteiger partial charge in [-0.05, 0) is 54.3 Å². The molecule has 0 spiro atoms. The Kier molecular flexibility index (Phi) is 7.16. The van der Waals surface area contributed by atoms with Crippen LogP contribution in [0.2, 0.25) is 5.02 Å². The molecule has 0 saturated heterocycles. The zero-order chi connectivity index (χ0) is 19.1. The van der Waals surface area contributed by atoms with Gasteiger partial charge in [0.1, 0.15) is 11.9 Å². The van der Waals surface area contributed by atoms with Gasteiger partial charge in [-0.1, -0.05) is 37.6 Å². The van der Waals surface area contributed by atoms with E-state index in [2.05, 4.69) is 10.6 Å². The Hall–Kier alpha value is -2.40. The highest BCUT2D eigenvalue weighted by atomic mass is 35.5. The summed E-state index contributed by atoms with van der Waals surface area (Å²) in [5.74, 6) is -0.704. The number of carbonyl (C=O) groups excluding carboxylic acids is 2. The molecule has 2 rings (SSSR count). The first kappa shape index (κ1) is 19.9. The Bertz CT molecular complexity index is 745. The fourth-order valence-corrected chi connectivity index (χ4v) is 2.59. The number of benzene rings is 2. The molecule has 26 heavy (non-hydrogen) atoms. The second-order valence-electron chi connectivity index (χ2n) is 6.51. The summed E-state index contributed by atoms with van der Waals surface area (Å²) in [5.41, 5.74) is 1.22. The van der Waals surface area contributed by atoms with Gasteiger partial charge in [-0.3, -0.25) is 9.59 Å². The smallest absolute Gasteiger partial charge is 0.251 e. The molecule has 0 bridgehead atoms. The van der Waals surface area contributed by atoms with E-state index >= 15 is 0 Å². The SMILES string of the molecule is CC(C)CC(NC(=O)c1ccc(Cl)cc1)C(=O)NCc1ccc(F)cc1. The molecule has 2 amide bonds. The van der Waals surface area contributed by atoms with E-state index in [1.54, 1.807) is 36.4 Å². The molecule has 0 saturated carbocycles.